The minimum Gasteiger partial charge on any atom is -0.385 e. The number of rotatable bonds is 11. The number of nitrogens with zero attached hydrogens (tertiary/aromatic N) is 1. The van der Waals surface area contributed by atoms with Crippen LogP contribution in [0.5, 0.6) is 0 Å². The lowest BCUT2D eigenvalue weighted by molar-refractivity contribution is 0.0732. The normalized spacial score (nSPS) is 16.5. The van der Waals surface area contributed by atoms with E-state index in [2.05, 4.69) is 27.3 Å². The Kier molecular flexibility index (Phi) is 8.72. The highest BCUT2D eigenvalue weighted by molar-refractivity contribution is 7.88. The Morgan fingerprint density at radius 1 is 1.18 bits per heavy atom. The number of nitrogens with one attached hydrogen (secondary N) is 3. The molecule has 158 valence electrons. The van der Waals surface area contributed by atoms with E-state index in [4.69, 9.17) is 4.74 Å². The van der Waals surface area contributed by atoms with Gasteiger partial charge >= 0.3 is 0 Å². The van der Waals surface area contributed by atoms with E-state index < -0.39 is 10.0 Å². The van der Waals surface area contributed by atoms with Crippen molar-refractivity contribution < 1.29 is 13.2 Å². The van der Waals surface area contributed by atoms with Crippen LogP contribution in [-0.2, 0) is 27.1 Å². The van der Waals surface area contributed by atoms with Gasteiger partial charge in [0.1, 0.15) is 0 Å². The molecule has 1 fully saturated rings. The van der Waals surface area contributed by atoms with E-state index in [1.807, 2.05) is 24.3 Å². The van der Waals surface area contributed by atoms with Gasteiger partial charge < -0.3 is 15.4 Å². The first kappa shape index (κ1) is 22.6. The molecule has 28 heavy (non-hydrogen) atoms. The molecule has 8 heteroatoms. The first-order valence-electron chi connectivity index (χ1n) is 9.92. The fourth-order valence-corrected chi connectivity index (χ4v) is 4.10. The quantitative estimate of drug-likeness (QED) is 0.383. The maximum atomic E-state index is 11.6. The number of hydrogen-bond acceptors (Lipinski definition) is 4. The van der Waals surface area contributed by atoms with Crippen molar-refractivity contribution in [2.75, 3.05) is 33.9 Å². The van der Waals surface area contributed by atoms with Crippen LogP contribution in [0, 0.1) is 5.41 Å². The third-order valence-electron chi connectivity index (χ3n) is 5.34. The van der Waals surface area contributed by atoms with E-state index >= 15 is 0 Å². The summed E-state index contributed by atoms with van der Waals surface area (Å²) in [5.41, 5.74) is 2.13. The monoisotopic (exact) mass is 410 g/mol. The molecule has 0 unspecified atom stereocenters. The van der Waals surface area contributed by atoms with Gasteiger partial charge in [-0.2, -0.15) is 0 Å². The van der Waals surface area contributed by atoms with Crippen molar-refractivity contribution in [2.45, 2.75) is 44.9 Å². The average Bonchev–Trinajstić information content (AvgIpc) is 2.65. The van der Waals surface area contributed by atoms with Gasteiger partial charge in [0.25, 0.3) is 0 Å². The third kappa shape index (κ3) is 7.07. The zero-order valence-corrected chi connectivity index (χ0v) is 18.1. The SMILES string of the molecule is CCNC(=NCc1ccc(CS(=O)(=O)NC)cc1)NCC1(CCOC)CCC1. The van der Waals surface area contributed by atoms with E-state index in [-0.39, 0.29) is 5.75 Å². The van der Waals surface area contributed by atoms with Gasteiger partial charge in [-0.3, -0.25) is 0 Å². The van der Waals surface area contributed by atoms with Gasteiger partial charge in [0.2, 0.25) is 10.0 Å². The second kappa shape index (κ2) is 10.8. The summed E-state index contributed by atoms with van der Waals surface area (Å²) in [5.74, 6) is 0.800. The van der Waals surface area contributed by atoms with Crippen LogP contribution in [-0.4, -0.2) is 48.2 Å². The van der Waals surface area contributed by atoms with Crippen LogP contribution >= 0.6 is 0 Å². The molecule has 0 amide bonds. The molecule has 1 aromatic carbocycles. The molecular formula is C20H34N4O3S. The summed E-state index contributed by atoms with van der Waals surface area (Å²) in [6.45, 7) is 5.10. The Morgan fingerprint density at radius 2 is 1.86 bits per heavy atom. The highest BCUT2D eigenvalue weighted by Gasteiger charge is 2.36. The van der Waals surface area contributed by atoms with Crippen LogP contribution < -0.4 is 15.4 Å². The van der Waals surface area contributed by atoms with Crippen molar-refractivity contribution in [1.29, 1.82) is 0 Å². The van der Waals surface area contributed by atoms with Crippen molar-refractivity contribution in [3.05, 3.63) is 35.4 Å². The van der Waals surface area contributed by atoms with Crippen LogP contribution in [0.15, 0.2) is 29.3 Å². The van der Waals surface area contributed by atoms with Crippen molar-refractivity contribution in [1.82, 2.24) is 15.4 Å². The topological polar surface area (TPSA) is 91.8 Å². The van der Waals surface area contributed by atoms with Crippen molar-refractivity contribution >= 4 is 16.0 Å². The fourth-order valence-electron chi connectivity index (χ4n) is 3.33. The number of sulfonamides is 1. The first-order valence-corrected chi connectivity index (χ1v) is 11.6. The predicted octanol–water partition coefficient (Wildman–Crippen LogP) is 2.00. The molecule has 7 nitrogen and oxygen atoms in total. The molecule has 2 rings (SSSR count). The molecule has 0 aromatic heterocycles. The number of benzene rings is 1. The second-order valence-corrected chi connectivity index (χ2v) is 9.35. The highest BCUT2D eigenvalue weighted by Crippen LogP contribution is 2.43. The number of guanidine groups is 1. The van der Waals surface area contributed by atoms with Crippen LogP contribution in [0.25, 0.3) is 0 Å². The Morgan fingerprint density at radius 3 is 2.39 bits per heavy atom. The standard InChI is InChI=1S/C20H34N4O3S/c1-4-22-19(24-16-20(10-5-11-20)12-13-27-3)23-14-17-6-8-18(9-7-17)15-28(25,26)21-2/h6-9,21H,4-5,10-16H2,1-3H3,(H2,22,23,24). The zero-order valence-electron chi connectivity index (χ0n) is 17.3. The fraction of sp³-hybridized carbons (Fsp3) is 0.650. The molecule has 0 spiro atoms. The van der Waals surface area contributed by atoms with Crippen molar-refractivity contribution in [2.24, 2.45) is 10.4 Å². The summed E-state index contributed by atoms with van der Waals surface area (Å²) < 4.78 is 30.9. The van der Waals surface area contributed by atoms with Gasteiger partial charge in [0.05, 0.1) is 12.3 Å². The van der Waals surface area contributed by atoms with Crippen molar-refractivity contribution in [3.63, 3.8) is 0 Å². The highest BCUT2D eigenvalue weighted by atomic mass is 32.2. The Balaban J connectivity index is 1.92. The lowest BCUT2D eigenvalue weighted by atomic mass is 9.67. The maximum absolute atomic E-state index is 11.6. The number of methoxy groups -OCH3 is 1. The van der Waals surface area contributed by atoms with E-state index in [9.17, 15) is 8.42 Å². The largest absolute Gasteiger partial charge is 0.385 e. The maximum Gasteiger partial charge on any atom is 0.215 e. The Labute approximate surface area is 169 Å². The lowest BCUT2D eigenvalue weighted by Crippen LogP contribution is -2.46. The molecule has 0 bridgehead atoms. The van der Waals surface area contributed by atoms with E-state index in [1.165, 1.54) is 26.3 Å². The summed E-state index contributed by atoms with van der Waals surface area (Å²) in [6.07, 6.45) is 4.83. The molecule has 1 aliphatic rings. The Bertz CT molecular complexity index is 728. The van der Waals surface area contributed by atoms with Crippen molar-refractivity contribution in [3.8, 4) is 0 Å². The van der Waals surface area contributed by atoms with E-state index in [0.29, 0.717) is 12.0 Å². The summed E-state index contributed by atoms with van der Waals surface area (Å²) >= 11 is 0. The van der Waals surface area contributed by atoms with E-state index in [1.54, 1.807) is 7.11 Å². The van der Waals surface area contributed by atoms with Crippen LogP contribution in [0.4, 0.5) is 0 Å². The van der Waals surface area contributed by atoms with Gasteiger partial charge in [-0.05, 0) is 49.8 Å². The van der Waals surface area contributed by atoms with Crippen LogP contribution in [0.3, 0.4) is 0 Å². The third-order valence-corrected chi connectivity index (χ3v) is 6.67. The molecule has 1 aliphatic carbocycles. The van der Waals surface area contributed by atoms with E-state index in [0.717, 1.165) is 43.2 Å². The zero-order chi connectivity index (χ0) is 20.5. The predicted molar refractivity (Wildman–Crippen MR) is 114 cm³/mol. The summed E-state index contributed by atoms with van der Waals surface area (Å²) in [5, 5.41) is 6.79. The molecule has 0 aliphatic heterocycles. The van der Waals surface area contributed by atoms with Gasteiger partial charge in [-0.1, -0.05) is 30.7 Å². The lowest BCUT2D eigenvalue weighted by Gasteiger charge is -2.42. The molecule has 3 N–H and O–H groups in total. The summed E-state index contributed by atoms with van der Waals surface area (Å²) in [4.78, 5) is 4.68. The molecule has 1 saturated carbocycles. The van der Waals surface area contributed by atoms with Crippen LogP contribution in [0.1, 0.15) is 43.7 Å². The minimum absolute atomic E-state index is 0.0131. The minimum atomic E-state index is -3.25. The number of hydrogen-bond donors (Lipinski definition) is 3. The Hall–Kier alpha value is -1.64. The van der Waals surface area contributed by atoms with Crippen LogP contribution in [0.2, 0.25) is 0 Å². The van der Waals surface area contributed by atoms with Gasteiger partial charge in [0.15, 0.2) is 5.96 Å². The molecule has 0 radical (unpaired) electrons. The van der Waals surface area contributed by atoms with Gasteiger partial charge in [-0.15, -0.1) is 0 Å². The number of ether oxygens (including phenoxy) is 1. The molecule has 1 aromatic rings. The molecular weight excluding hydrogens is 376 g/mol. The summed E-state index contributed by atoms with van der Waals surface area (Å²) in [6, 6.07) is 7.54. The molecule has 0 heterocycles. The second-order valence-electron chi connectivity index (χ2n) is 7.42. The van der Waals surface area contributed by atoms with Gasteiger partial charge in [-0.25, -0.2) is 18.1 Å². The first-order chi connectivity index (χ1) is 13.4. The summed E-state index contributed by atoms with van der Waals surface area (Å²) in [7, 11) is -0.0682. The average molecular weight is 411 g/mol. The smallest absolute Gasteiger partial charge is 0.215 e. The molecule has 0 saturated heterocycles. The number of aliphatic imine (C=N–C) groups is 1. The van der Waals surface area contributed by atoms with Gasteiger partial charge in [0, 0.05) is 26.8 Å². The molecule has 0 atom stereocenters.